The number of hydrogen-bond acceptors (Lipinski definition) is 3. The molecule has 0 aromatic rings. The molecule has 3 N–H and O–H groups in total. The van der Waals surface area contributed by atoms with Crippen LogP contribution in [0.3, 0.4) is 0 Å². The minimum atomic E-state index is -0.681. The lowest BCUT2D eigenvalue weighted by molar-refractivity contribution is -0.131. The van der Waals surface area contributed by atoms with Gasteiger partial charge in [0.2, 0.25) is 5.91 Å². The predicted octanol–water partition coefficient (Wildman–Crippen LogP) is 1.38. The molecule has 0 radical (unpaired) electrons. The van der Waals surface area contributed by atoms with E-state index in [0.717, 1.165) is 19.3 Å². The van der Waals surface area contributed by atoms with Gasteiger partial charge >= 0.3 is 0 Å². The van der Waals surface area contributed by atoms with E-state index < -0.39 is 5.41 Å². The zero-order valence-electron chi connectivity index (χ0n) is 10.5. The maximum Gasteiger partial charge on any atom is 0.233 e. The molecular weight excluding hydrogens is 236 g/mol. The Morgan fingerprint density at radius 2 is 2.06 bits per heavy atom. The van der Waals surface area contributed by atoms with E-state index in [9.17, 15) is 4.79 Å². The van der Waals surface area contributed by atoms with Crippen molar-refractivity contribution in [3.05, 3.63) is 0 Å². The average Bonchev–Trinajstić information content (AvgIpc) is 2.35. The number of ether oxygens (including phenoxy) is 1. The van der Waals surface area contributed by atoms with Crippen LogP contribution in [0.1, 0.15) is 39.0 Å². The van der Waals surface area contributed by atoms with Crippen molar-refractivity contribution in [1.82, 2.24) is 5.32 Å². The summed E-state index contributed by atoms with van der Waals surface area (Å²) in [7, 11) is 0. The van der Waals surface area contributed by atoms with E-state index in [0.29, 0.717) is 37.6 Å². The van der Waals surface area contributed by atoms with Crippen LogP contribution >= 0.6 is 12.2 Å². The summed E-state index contributed by atoms with van der Waals surface area (Å²) in [5, 5.41) is 2.95. The number of thiocarbonyl (C=S) groups is 1. The van der Waals surface area contributed by atoms with Gasteiger partial charge in [-0.05, 0) is 19.3 Å². The fourth-order valence-electron chi connectivity index (χ4n) is 2.05. The molecule has 4 nitrogen and oxygen atoms in total. The van der Waals surface area contributed by atoms with Crippen LogP contribution in [0, 0.1) is 5.41 Å². The first kappa shape index (κ1) is 14.4. The number of nitrogens with two attached hydrogens (primary N) is 1. The van der Waals surface area contributed by atoms with Crippen LogP contribution in [0.4, 0.5) is 0 Å². The van der Waals surface area contributed by atoms with Gasteiger partial charge in [0.05, 0.1) is 4.99 Å². The van der Waals surface area contributed by atoms with Crippen molar-refractivity contribution in [3.8, 4) is 0 Å². The molecule has 1 saturated heterocycles. The largest absolute Gasteiger partial charge is 0.392 e. The molecule has 0 atom stereocenters. The van der Waals surface area contributed by atoms with E-state index in [2.05, 4.69) is 12.2 Å². The number of carbonyl (C=O) groups excluding carboxylic acids is 1. The maximum absolute atomic E-state index is 12.2. The molecule has 0 spiro atoms. The molecule has 1 fully saturated rings. The van der Waals surface area contributed by atoms with Crippen molar-refractivity contribution < 1.29 is 9.53 Å². The van der Waals surface area contributed by atoms with Gasteiger partial charge < -0.3 is 15.8 Å². The monoisotopic (exact) mass is 258 g/mol. The van der Waals surface area contributed by atoms with Gasteiger partial charge in [-0.25, -0.2) is 0 Å². The second-order valence-corrected chi connectivity index (χ2v) is 4.96. The van der Waals surface area contributed by atoms with Crippen LogP contribution in [0.25, 0.3) is 0 Å². The minimum absolute atomic E-state index is 0.0237. The van der Waals surface area contributed by atoms with Crippen molar-refractivity contribution in [1.29, 1.82) is 0 Å². The summed E-state index contributed by atoms with van der Waals surface area (Å²) in [6, 6.07) is 0. The van der Waals surface area contributed by atoms with Crippen molar-refractivity contribution in [3.63, 3.8) is 0 Å². The highest BCUT2D eigenvalue weighted by molar-refractivity contribution is 7.80. The van der Waals surface area contributed by atoms with Crippen LogP contribution in [-0.4, -0.2) is 30.7 Å². The molecular formula is C12H22N2O2S. The molecule has 0 saturated carbocycles. The smallest absolute Gasteiger partial charge is 0.233 e. The van der Waals surface area contributed by atoms with Crippen LogP contribution in [0.5, 0.6) is 0 Å². The molecule has 1 heterocycles. The summed E-state index contributed by atoms with van der Waals surface area (Å²) in [5.74, 6) is -0.0237. The fraction of sp³-hybridized carbons (Fsp3) is 0.833. The minimum Gasteiger partial charge on any atom is -0.392 e. The van der Waals surface area contributed by atoms with Gasteiger partial charge in [-0.1, -0.05) is 32.0 Å². The Labute approximate surface area is 108 Å². The van der Waals surface area contributed by atoms with Crippen molar-refractivity contribution >= 4 is 23.1 Å². The van der Waals surface area contributed by atoms with Crippen LogP contribution in [-0.2, 0) is 9.53 Å². The van der Waals surface area contributed by atoms with Crippen LogP contribution in [0.15, 0.2) is 0 Å². The fourth-order valence-corrected chi connectivity index (χ4v) is 2.35. The molecule has 0 bridgehead atoms. The third-order valence-electron chi connectivity index (χ3n) is 3.32. The summed E-state index contributed by atoms with van der Waals surface area (Å²) < 4.78 is 5.27. The molecule has 1 rings (SSSR count). The lowest BCUT2D eigenvalue weighted by Gasteiger charge is -2.34. The van der Waals surface area contributed by atoms with E-state index in [1.807, 2.05) is 0 Å². The lowest BCUT2D eigenvalue weighted by atomic mass is 9.79. The third-order valence-corrected chi connectivity index (χ3v) is 3.71. The summed E-state index contributed by atoms with van der Waals surface area (Å²) in [5.41, 5.74) is 5.07. The van der Waals surface area contributed by atoms with Crippen molar-refractivity contribution in [2.75, 3.05) is 19.8 Å². The molecule has 17 heavy (non-hydrogen) atoms. The van der Waals surface area contributed by atoms with E-state index >= 15 is 0 Å². The number of carbonyl (C=O) groups is 1. The first-order valence-corrected chi connectivity index (χ1v) is 6.70. The maximum atomic E-state index is 12.2. The van der Waals surface area contributed by atoms with E-state index in [1.54, 1.807) is 0 Å². The van der Waals surface area contributed by atoms with E-state index in [4.69, 9.17) is 22.7 Å². The molecule has 5 heteroatoms. The number of rotatable bonds is 6. The van der Waals surface area contributed by atoms with Gasteiger partial charge in [0, 0.05) is 19.8 Å². The first-order valence-electron chi connectivity index (χ1n) is 6.29. The predicted molar refractivity (Wildman–Crippen MR) is 71.8 cm³/mol. The van der Waals surface area contributed by atoms with Gasteiger partial charge in [0.1, 0.15) is 5.41 Å². The molecule has 1 aliphatic rings. The highest BCUT2D eigenvalue weighted by Crippen LogP contribution is 2.31. The number of hydrogen-bond donors (Lipinski definition) is 2. The normalized spacial score (nSPS) is 18.6. The summed E-state index contributed by atoms with van der Waals surface area (Å²) >= 11 is 5.07. The number of nitrogens with one attached hydrogen (secondary N) is 1. The zero-order valence-corrected chi connectivity index (χ0v) is 11.3. The van der Waals surface area contributed by atoms with E-state index in [-0.39, 0.29) is 5.91 Å². The Morgan fingerprint density at radius 3 is 2.59 bits per heavy atom. The molecule has 98 valence electrons. The highest BCUT2D eigenvalue weighted by atomic mass is 32.1. The van der Waals surface area contributed by atoms with E-state index in [1.165, 1.54) is 0 Å². The molecule has 1 aliphatic heterocycles. The van der Waals surface area contributed by atoms with Gasteiger partial charge in [-0.15, -0.1) is 0 Å². The Balaban J connectivity index is 2.52. The molecule has 0 aromatic heterocycles. The molecule has 0 aromatic carbocycles. The SMILES string of the molecule is CCCCCNC(=O)C1(C(N)=S)CCOCC1. The second-order valence-electron chi connectivity index (χ2n) is 4.52. The standard InChI is InChI=1S/C12H22N2O2S/c1-2-3-4-7-14-11(15)12(10(13)17)5-8-16-9-6-12/h2-9H2,1H3,(H2,13,17)(H,14,15). The van der Waals surface area contributed by atoms with Crippen molar-refractivity contribution in [2.24, 2.45) is 11.1 Å². The van der Waals surface area contributed by atoms with Gasteiger partial charge in [-0.2, -0.15) is 0 Å². The molecule has 1 amide bonds. The summed E-state index contributed by atoms with van der Waals surface area (Å²) in [6.07, 6.45) is 4.48. The Hall–Kier alpha value is -0.680. The third kappa shape index (κ3) is 3.64. The van der Waals surface area contributed by atoms with Crippen LogP contribution < -0.4 is 11.1 Å². The zero-order chi connectivity index (χ0) is 12.7. The molecule has 0 unspecified atom stereocenters. The summed E-state index contributed by atoms with van der Waals surface area (Å²) in [6.45, 7) is 3.95. The summed E-state index contributed by atoms with van der Waals surface area (Å²) in [4.78, 5) is 12.5. The van der Waals surface area contributed by atoms with Gasteiger partial charge in [0.25, 0.3) is 0 Å². The number of amides is 1. The Morgan fingerprint density at radius 1 is 1.41 bits per heavy atom. The van der Waals surface area contributed by atoms with Gasteiger partial charge in [-0.3, -0.25) is 4.79 Å². The second kappa shape index (κ2) is 6.91. The van der Waals surface area contributed by atoms with Crippen LogP contribution in [0.2, 0.25) is 0 Å². The number of unbranched alkanes of at least 4 members (excludes halogenated alkanes) is 2. The lowest BCUT2D eigenvalue weighted by Crippen LogP contribution is -2.52. The van der Waals surface area contributed by atoms with Gasteiger partial charge in [0.15, 0.2) is 0 Å². The first-order chi connectivity index (χ1) is 8.13. The Bertz CT molecular complexity index is 276. The topological polar surface area (TPSA) is 64.4 Å². The highest BCUT2D eigenvalue weighted by Gasteiger charge is 2.42. The average molecular weight is 258 g/mol. The van der Waals surface area contributed by atoms with Crippen molar-refractivity contribution in [2.45, 2.75) is 39.0 Å². The Kier molecular flexibility index (Phi) is 5.85. The quantitative estimate of drug-likeness (QED) is 0.558. The molecule has 0 aliphatic carbocycles.